The van der Waals surface area contributed by atoms with Gasteiger partial charge in [-0.25, -0.2) is 23.7 Å². The molecule has 0 saturated carbocycles. The average Bonchev–Trinajstić information content (AvgIpc) is 3.26. The molecule has 0 radical (unpaired) electrons. The quantitative estimate of drug-likeness (QED) is 0.405. The van der Waals surface area contributed by atoms with Crippen LogP contribution < -0.4 is 10.9 Å². The van der Waals surface area contributed by atoms with E-state index in [9.17, 15) is 13.6 Å². The fourth-order valence-electron chi connectivity index (χ4n) is 4.17. The van der Waals surface area contributed by atoms with Gasteiger partial charge >= 0.3 is 0 Å². The number of benzene rings is 2. The smallest absolute Gasteiger partial charge is 0.263 e. The third-order valence-electron chi connectivity index (χ3n) is 5.69. The molecule has 2 aromatic carbocycles. The van der Waals surface area contributed by atoms with Crippen LogP contribution in [-0.4, -0.2) is 24.5 Å². The average molecular weight is 446 g/mol. The summed E-state index contributed by atoms with van der Waals surface area (Å²) >= 11 is 0. The van der Waals surface area contributed by atoms with Crippen LogP contribution in [0.25, 0.3) is 27.6 Å². The number of nitrogens with one attached hydrogen (secondary N) is 2. The molecule has 0 bridgehead atoms. The molecule has 0 aliphatic rings. The molecular formula is C24H20F2N6O. The minimum absolute atomic E-state index is 0.118. The van der Waals surface area contributed by atoms with Crippen molar-refractivity contribution in [3.63, 3.8) is 0 Å². The SMILES string of the molecule is CCC(Nc1ncnc2nc[nH]c12)c1cc2cccc(C)c2c(=O)n1-c1cc(F)cc(F)c1. The number of pyridine rings is 1. The topological polar surface area (TPSA) is 88.5 Å². The van der Waals surface area contributed by atoms with Crippen molar-refractivity contribution < 1.29 is 8.78 Å². The van der Waals surface area contributed by atoms with E-state index in [0.29, 0.717) is 34.5 Å². The molecule has 0 spiro atoms. The van der Waals surface area contributed by atoms with E-state index >= 15 is 0 Å². The van der Waals surface area contributed by atoms with Crippen molar-refractivity contribution in [3.05, 3.63) is 88.4 Å². The van der Waals surface area contributed by atoms with Gasteiger partial charge in [-0.1, -0.05) is 25.1 Å². The highest BCUT2D eigenvalue weighted by molar-refractivity contribution is 5.86. The molecule has 0 aliphatic carbocycles. The second kappa shape index (κ2) is 8.09. The van der Waals surface area contributed by atoms with Gasteiger partial charge in [0.2, 0.25) is 0 Å². The monoisotopic (exact) mass is 446 g/mol. The van der Waals surface area contributed by atoms with Gasteiger partial charge in [0.05, 0.1) is 23.4 Å². The molecule has 3 heterocycles. The molecule has 2 N–H and O–H groups in total. The van der Waals surface area contributed by atoms with Gasteiger partial charge in [0.1, 0.15) is 23.5 Å². The fourth-order valence-corrected chi connectivity index (χ4v) is 4.17. The third kappa shape index (κ3) is 3.61. The Labute approximate surface area is 187 Å². The summed E-state index contributed by atoms with van der Waals surface area (Å²) in [6.07, 6.45) is 3.49. The molecule has 1 atom stereocenters. The molecule has 0 aliphatic heterocycles. The number of aryl methyl sites for hydroxylation is 1. The maximum absolute atomic E-state index is 14.1. The maximum atomic E-state index is 14.1. The van der Waals surface area contributed by atoms with Crippen molar-refractivity contribution in [2.45, 2.75) is 26.3 Å². The van der Waals surface area contributed by atoms with Crippen LogP contribution in [0.4, 0.5) is 14.6 Å². The van der Waals surface area contributed by atoms with E-state index in [4.69, 9.17) is 0 Å². The van der Waals surface area contributed by atoms with Crippen LogP contribution in [0.1, 0.15) is 30.6 Å². The summed E-state index contributed by atoms with van der Waals surface area (Å²) in [4.78, 5) is 29.3. The summed E-state index contributed by atoms with van der Waals surface area (Å²) in [7, 11) is 0. The van der Waals surface area contributed by atoms with Crippen LogP contribution in [0.2, 0.25) is 0 Å². The molecule has 7 nitrogen and oxygen atoms in total. The first-order valence-corrected chi connectivity index (χ1v) is 10.5. The molecule has 5 rings (SSSR count). The highest BCUT2D eigenvalue weighted by Gasteiger charge is 2.21. The van der Waals surface area contributed by atoms with Gasteiger partial charge in [-0.2, -0.15) is 0 Å². The van der Waals surface area contributed by atoms with E-state index in [1.807, 2.05) is 38.1 Å². The van der Waals surface area contributed by atoms with Crippen LogP contribution in [0.5, 0.6) is 0 Å². The summed E-state index contributed by atoms with van der Waals surface area (Å²) in [6, 6.07) is 10.1. The Kier molecular flexibility index (Phi) is 5.08. The minimum atomic E-state index is -0.760. The summed E-state index contributed by atoms with van der Waals surface area (Å²) in [5.74, 6) is -1.01. The number of hydrogen-bond donors (Lipinski definition) is 2. The first-order valence-electron chi connectivity index (χ1n) is 10.5. The number of anilines is 1. The maximum Gasteiger partial charge on any atom is 0.263 e. The van der Waals surface area contributed by atoms with Crippen LogP contribution >= 0.6 is 0 Å². The number of aromatic amines is 1. The summed E-state index contributed by atoms with van der Waals surface area (Å²) < 4.78 is 29.6. The number of rotatable bonds is 5. The lowest BCUT2D eigenvalue weighted by molar-refractivity contribution is 0.579. The van der Waals surface area contributed by atoms with Crippen molar-refractivity contribution in [3.8, 4) is 5.69 Å². The molecule has 9 heteroatoms. The van der Waals surface area contributed by atoms with Gasteiger partial charge in [0, 0.05) is 11.8 Å². The largest absolute Gasteiger partial charge is 0.360 e. The Bertz CT molecular complexity index is 1540. The normalized spacial score (nSPS) is 12.4. The lowest BCUT2D eigenvalue weighted by atomic mass is 10.0. The van der Waals surface area contributed by atoms with Crippen molar-refractivity contribution in [1.82, 2.24) is 24.5 Å². The third-order valence-corrected chi connectivity index (χ3v) is 5.69. The second-order valence-electron chi connectivity index (χ2n) is 7.81. The van der Waals surface area contributed by atoms with Crippen molar-refractivity contribution >= 4 is 27.8 Å². The lowest BCUT2D eigenvalue weighted by Gasteiger charge is -2.24. The Balaban J connectivity index is 1.76. The number of fused-ring (bicyclic) bond motifs is 2. The number of aromatic nitrogens is 5. The molecule has 33 heavy (non-hydrogen) atoms. The zero-order valence-corrected chi connectivity index (χ0v) is 17.9. The van der Waals surface area contributed by atoms with Crippen LogP contribution in [-0.2, 0) is 0 Å². The number of nitrogens with zero attached hydrogens (tertiary/aromatic N) is 4. The zero-order chi connectivity index (χ0) is 23.1. The predicted molar refractivity (Wildman–Crippen MR) is 123 cm³/mol. The van der Waals surface area contributed by atoms with E-state index in [2.05, 4.69) is 25.3 Å². The fraction of sp³-hybridized carbons (Fsp3) is 0.167. The van der Waals surface area contributed by atoms with E-state index in [0.717, 1.165) is 29.1 Å². The molecule has 5 aromatic rings. The Hall–Kier alpha value is -4.14. The summed E-state index contributed by atoms with van der Waals surface area (Å²) in [5, 5.41) is 4.60. The van der Waals surface area contributed by atoms with Crippen LogP contribution in [0, 0.1) is 18.6 Å². The standard InChI is InChI=1S/C24H20F2N6O/c1-3-18(31-23-21-22(28-11-27-21)29-12-30-23)19-7-14-6-4-5-13(2)20(14)24(33)32(19)17-9-15(25)8-16(26)10-17/h4-12,18H,3H2,1-2H3,(H2,27,28,29,30,31). The van der Waals surface area contributed by atoms with Crippen LogP contribution in [0.15, 0.2) is 59.9 Å². The summed E-state index contributed by atoms with van der Waals surface area (Å²) in [6.45, 7) is 3.79. The van der Waals surface area contributed by atoms with Gasteiger partial charge in [-0.05, 0) is 42.5 Å². The second-order valence-corrected chi connectivity index (χ2v) is 7.81. The number of hydrogen-bond acceptors (Lipinski definition) is 5. The highest BCUT2D eigenvalue weighted by atomic mass is 19.1. The molecule has 166 valence electrons. The molecule has 3 aromatic heterocycles. The highest BCUT2D eigenvalue weighted by Crippen LogP contribution is 2.29. The summed E-state index contributed by atoms with van der Waals surface area (Å²) in [5.41, 5.74) is 2.23. The molecule has 0 amide bonds. The van der Waals surface area contributed by atoms with E-state index in [-0.39, 0.29) is 11.2 Å². The molecule has 0 fully saturated rings. The first-order chi connectivity index (χ1) is 16.0. The van der Waals surface area contributed by atoms with E-state index in [1.54, 1.807) is 0 Å². The molecule has 0 saturated heterocycles. The molecule has 1 unspecified atom stereocenters. The van der Waals surface area contributed by atoms with Gasteiger partial charge in [-0.3, -0.25) is 9.36 Å². The Morgan fingerprint density at radius 1 is 1.09 bits per heavy atom. The van der Waals surface area contributed by atoms with Crippen LogP contribution in [0.3, 0.4) is 0 Å². The van der Waals surface area contributed by atoms with Gasteiger partial charge < -0.3 is 10.3 Å². The number of halogens is 2. The van der Waals surface area contributed by atoms with Gasteiger partial charge in [0.25, 0.3) is 5.56 Å². The Morgan fingerprint density at radius 3 is 2.64 bits per heavy atom. The van der Waals surface area contributed by atoms with Crippen molar-refractivity contribution in [2.24, 2.45) is 0 Å². The first kappa shape index (κ1) is 20.7. The van der Waals surface area contributed by atoms with E-state index in [1.165, 1.54) is 17.2 Å². The number of imidazole rings is 1. The zero-order valence-electron chi connectivity index (χ0n) is 17.9. The predicted octanol–water partition coefficient (Wildman–Crippen LogP) is 4.81. The van der Waals surface area contributed by atoms with Gasteiger partial charge in [0.15, 0.2) is 11.5 Å². The lowest BCUT2D eigenvalue weighted by Crippen LogP contribution is -2.27. The number of H-pyrrole nitrogens is 1. The van der Waals surface area contributed by atoms with Crippen molar-refractivity contribution in [1.29, 1.82) is 0 Å². The van der Waals surface area contributed by atoms with Crippen molar-refractivity contribution in [2.75, 3.05) is 5.32 Å². The van der Waals surface area contributed by atoms with Gasteiger partial charge in [-0.15, -0.1) is 0 Å². The Morgan fingerprint density at radius 2 is 1.88 bits per heavy atom. The van der Waals surface area contributed by atoms with E-state index < -0.39 is 17.7 Å². The molecular weight excluding hydrogens is 426 g/mol. The minimum Gasteiger partial charge on any atom is -0.360 e.